The third kappa shape index (κ3) is 5.75. The molecular formula is C25H32F3N3O2S. The Balaban J connectivity index is 1.54. The van der Waals surface area contributed by atoms with E-state index in [2.05, 4.69) is 10.0 Å². The summed E-state index contributed by atoms with van der Waals surface area (Å²) in [5, 5.41) is 3.49. The lowest BCUT2D eigenvalue weighted by atomic mass is 9.77. The minimum absolute atomic E-state index is 0.0183. The maximum atomic E-state index is 13.4. The van der Waals surface area contributed by atoms with Crippen molar-refractivity contribution < 1.29 is 21.6 Å². The van der Waals surface area contributed by atoms with Gasteiger partial charge in [-0.2, -0.15) is 13.2 Å². The van der Waals surface area contributed by atoms with Gasteiger partial charge in [0, 0.05) is 18.8 Å². The molecule has 0 saturated heterocycles. The van der Waals surface area contributed by atoms with Crippen LogP contribution >= 0.6 is 0 Å². The summed E-state index contributed by atoms with van der Waals surface area (Å²) < 4.78 is 67.8. The maximum absolute atomic E-state index is 13.4. The fraction of sp³-hybridized carbons (Fsp3) is 0.520. The fourth-order valence-corrected chi connectivity index (χ4v) is 6.59. The standard InChI is InChI=1S/C25H32F3N3O2S/c1-31(2)12-11-29-34(32,33)13-10-17-14-20-21-16-19(25(26,27)28)8-9-23(21)30-24(22(20)15-17)18-6-4-3-5-7-18/h3-9,16-17,20,22,24,29-30H,10-15H2,1-2H3/t17-,20+,22+,24-/m0/s1. The Bertz CT molecular complexity index is 1090. The first-order valence-corrected chi connectivity index (χ1v) is 13.3. The van der Waals surface area contributed by atoms with E-state index >= 15 is 0 Å². The largest absolute Gasteiger partial charge is 0.416 e. The van der Waals surface area contributed by atoms with Crippen LogP contribution in [0.5, 0.6) is 0 Å². The zero-order valence-electron chi connectivity index (χ0n) is 19.5. The summed E-state index contributed by atoms with van der Waals surface area (Å²) in [4.78, 5) is 1.91. The molecule has 4 rings (SSSR count). The average Bonchev–Trinajstić information content (AvgIpc) is 3.21. The van der Waals surface area contributed by atoms with Crippen molar-refractivity contribution in [2.45, 2.75) is 37.4 Å². The lowest BCUT2D eigenvalue weighted by Gasteiger charge is -2.38. The van der Waals surface area contributed by atoms with Crippen LogP contribution < -0.4 is 10.0 Å². The van der Waals surface area contributed by atoms with Gasteiger partial charge in [-0.15, -0.1) is 0 Å². The number of hydrogen-bond acceptors (Lipinski definition) is 4. The Morgan fingerprint density at radius 3 is 2.50 bits per heavy atom. The summed E-state index contributed by atoms with van der Waals surface area (Å²) >= 11 is 0. The van der Waals surface area contributed by atoms with Gasteiger partial charge in [-0.25, -0.2) is 13.1 Å². The number of alkyl halides is 3. The lowest BCUT2D eigenvalue weighted by Crippen LogP contribution is -2.33. The van der Waals surface area contributed by atoms with E-state index < -0.39 is 21.8 Å². The number of halogens is 3. The average molecular weight is 496 g/mol. The summed E-state index contributed by atoms with van der Waals surface area (Å²) in [6.07, 6.45) is -2.43. The van der Waals surface area contributed by atoms with Gasteiger partial charge in [-0.05, 0) is 80.4 Å². The van der Waals surface area contributed by atoms with Gasteiger partial charge in [0.15, 0.2) is 0 Å². The van der Waals surface area contributed by atoms with Crippen LogP contribution in [-0.4, -0.2) is 46.3 Å². The summed E-state index contributed by atoms with van der Waals surface area (Å²) in [6, 6.07) is 13.9. The number of benzene rings is 2. The monoisotopic (exact) mass is 495 g/mol. The molecule has 2 aromatic carbocycles. The molecule has 0 bridgehead atoms. The van der Waals surface area contributed by atoms with Crippen molar-refractivity contribution >= 4 is 15.7 Å². The molecule has 1 aliphatic carbocycles. The molecule has 2 N–H and O–H groups in total. The molecule has 1 heterocycles. The second kappa shape index (κ2) is 9.87. The molecule has 5 nitrogen and oxygen atoms in total. The minimum atomic E-state index is -4.40. The van der Waals surface area contributed by atoms with E-state index in [0.29, 0.717) is 31.5 Å². The Kier molecular flexibility index (Phi) is 7.26. The van der Waals surface area contributed by atoms with Crippen LogP contribution in [0.15, 0.2) is 48.5 Å². The zero-order chi connectivity index (χ0) is 24.5. The molecule has 0 radical (unpaired) electrons. The molecule has 0 unspecified atom stereocenters. The van der Waals surface area contributed by atoms with E-state index in [0.717, 1.165) is 23.7 Å². The normalized spacial score (nSPS) is 24.5. The first-order chi connectivity index (χ1) is 16.0. The van der Waals surface area contributed by atoms with Crippen LogP contribution in [-0.2, 0) is 16.2 Å². The van der Waals surface area contributed by atoms with Gasteiger partial charge >= 0.3 is 6.18 Å². The molecule has 186 valence electrons. The number of fused-ring (bicyclic) bond motifs is 3. The first kappa shape index (κ1) is 25.0. The van der Waals surface area contributed by atoms with Gasteiger partial charge in [0.1, 0.15) is 0 Å². The van der Waals surface area contributed by atoms with Gasteiger partial charge in [0.25, 0.3) is 0 Å². The summed E-state index contributed by atoms with van der Waals surface area (Å²) in [7, 11) is 0.375. The topological polar surface area (TPSA) is 61.4 Å². The zero-order valence-corrected chi connectivity index (χ0v) is 20.3. The molecule has 0 spiro atoms. The molecule has 0 amide bonds. The van der Waals surface area contributed by atoms with Crippen LogP contribution in [0.3, 0.4) is 0 Å². The van der Waals surface area contributed by atoms with Crippen LogP contribution in [0.1, 0.15) is 47.9 Å². The van der Waals surface area contributed by atoms with E-state index in [1.165, 1.54) is 12.1 Å². The molecule has 1 saturated carbocycles. The van der Waals surface area contributed by atoms with Gasteiger partial charge in [-0.3, -0.25) is 0 Å². The molecule has 0 aromatic heterocycles. The van der Waals surface area contributed by atoms with Crippen LogP contribution in [0.25, 0.3) is 0 Å². The van der Waals surface area contributed by atoms with Gasteiger partial charge in [0.05, 0.1) is 17.4 Å². The number of nitrogens with zero attached hydrogens (tertiary/aromatic N) is 1. The summed E-state index contributed by atoms with van der Waals surface area (Å²) in [5.74, 6) is 0.225. The Morgan fingerprint density at radius 2 is 1.82 bits per heavy atom. The Morgan fingerprint density at radius 1 is 1.09 bits per heavy atom. The summed E-state index contributed by atoms with van der Waals surface area (Å²) in [5.41, 5.74) is 1.89. The van der Waals surface area contributed by atoms with Crippen molar-refractivity contribution in [3.8, 4) is 0 Å². The fourth-order valence-electron chi connectivity index (χ4n) is 5.40. The molecule has 1 fully saturated rings. The molecule has 34 heavy (non-hydrogen) atoms. The second-order valence-electron chi connectivity index (χ2n) is 9.75. The predicted octanol–water partition coefficient (Wildman–Crippen LogP) is 4.85. The number of nitrogens with one attached hydrogen (secondary N) is 2. The van der Waals surface area contributed by atoms with E-state index in [-0.39, 0.29) is 29.5 Å². The van der Waals surface area contributed by atoms with E-state index in [1.54, 1.807) is 0 Å². The van der Waals surface area contributed by atoms with E-state index in [1.807, 2.05) is 49.3 Å². The molecule has 1 aliphatic heterocycles. The molecule has 2 aromatic rings. The number of hydrogen-bond donors (Lipinski definition) is 2. The molecule has 4 atom stereocenters. The minimum Gasteiger partial charge on any atom is -0.378 e. The summed E-state index contributed by atoms with van der Waals surface area (Å²) in [6.45, 7) is 0.981. The number of likely N-dealkylation sites (N-methyl/N-ethyl adjacent to an activating group) is 1. The van der Waals surface area contributed by atoms with E-state index in [9.17, 15) is 21.6 Å². The lowest BCUT2D eigenvalue weighted by molar-refractivity contribution is -0.137. The van der Waals surface area contributed by atoms with Crippen LogP contribution in [0.4, 0.5) is 18.9 Å². The van der Waals surface area contributed by atoms with Crippen molar-refractivity contribution in [3.63, 3.8) is 0 Å². The highest BCUT2D eigenvalue weighted by atomic mass is 32.2. The van der Waals surface area contributed by atoms with Crippen LogP contribution in [0.2, 0.25) is 0 Å². The van der Waals surface area contributed by atoms with Crippen molar-refractivity contribution in [2.24, 2.45) is 11.8 Å². The quantitative estimate of drug-likeness (QED) is 0.550. The number of sulfonamides is 1. The number of rotatable bonds is 8. The SMILES string of the molecule is CN(C)CCNS(=O)(=O)CC[C@@H]1C[C@@H]2[C@H](C1)c1cc(C(F)(F)F)ccc1N[C@H]2c1ccccc1. The third-order valence-corrected chi connectivity index (χ3v) is 8.48. The van der Waals surface area contributed by atoms with E-state index in [4.69, 9.17) is 0 Å². The highest BCUT2D eigenvalue weighted by Gasteiger charge is 2.45. The highest BCUT2D eigenvalue weighted by Crippen LogP contribution is 2.55. The molecular weight excluding hydrogens is 463 g/mol. The first-order valence-electron chi connectivity index (χ1n) is 11.7. The number of anilines is 1. The maximum Gasteiger partial charge on any atom is 0.416 e. The van der Waals surface area contributed by atoms with Crippen molar-refractivity contribution in [1.82, 2.24) is 9.62 Å². The Labute approximate surface area is 199 Å². The van der Waals surface area contributed by atoms with Gasteiger partial charge in [0.2, 0.25) is 10.0 Å². The molecule has 2 aliphatic rings. The Hall–Kier alpha value is -2.10. The van der Waals surface area contributed by atoms with Crippen LogP contribution in [0, 0.1) is 11.8 Å². The van der Waals surface area contributed by atoms with Gasteiger partial charge in [-0.1, -0.05) is 30.3 Å². The second-order valence-corrected chi connectivity index (χ2v) is 11.7. The predicted molar refractivity (Wildman–Crippen MR) is 128 cm³/mol. The van der Waals surface area contributed by atoms with Crippen molar-refractivity contribution in [2.75, 3.05) is 38.3 Å². The molecule has 9 heteroatoms. The van der Waals surface area contributed by atoms with Gasteiger partial charge < -0.3 is 10.2 Å². The highest BCUT2D eigenvalue weighted by molar-refractivity contribution is 7.89. The third-order valence-electron chi connectivity index (χ3n) is 7.06. The van der Waals surface area contributed by atoms with Crippen molar-refractivity contribution in [3.05, 3.63) is 65.2 Å². The smallest absolute Gasteiger partial charge is 0.378 e. The van der Waals surface area contributed by atoms with Crippen molar-refractivity contribution in [1.29, 1.82) is 0 Å².